The maximum absolute atomic E-state index is 12.4. The summed E-state index contributed by atoms with van der Waals surface area (Å²) in [7, 11) is 0. The molecule has 5 nitrogen and oxygen atoms in total. The fourth-order valence-corrected chi connectivity index (χ4v) is 2.48. The molecule has 0 aromatic heterocycles. The van der Waals surface area contributed by atoms with Gasteiger partial charge in [-0.15, -0.1) is 0 Å². The quantitative estimate of drug-likeness (QED) is 0.779. The number of amides is 1. The van der Waals surface area contributed by atoms with E-state index >= 15 is 0 Å². The first-order chi connectivity index (χ1) is 12.5. The number of carbonyl (C=O) groups is 2. The summed E-state index contributed by atoms with van der Waals surface area (Å²) in [4.78, 5) is 24.6. The van der Waals surface area contributed by atoms with Gasteiger partial charge in [0.15, 0.2) is 0 Å². The fraction of sp³-hybridized carbons (Fsp3) is 0.286. The topological polar surface area (TPSA) is 79.2 Å². The number of nitrogens with zero attached hydrogens (tertiary/aromatic N) is 1. The van der Waals surface area contributed by atoms with Crippen LogP contribution in [0, 0.1) is 17.2 Å². The molecule has 1 N–H and O–H groups in total. The highest BCUT2D eigenvalue weighted by Crippen LogP contribution is 2.10. The van der Waals surface area contributed by atoms with Crippen molar-refractivity contribution in [1.82, 2.24) is 5.32 Å². The molecule has 134 valence electrons. The van der Waals surface area contributed by atoms with Crippen LogP contribution < -0.4 is 5.32 Å². The summed E-state index contributed by atoms with van der Waals surface area (Å²) in [5.74, 6) is -0.810. The van der Waals surface area contributed by atoms with Crippen LogP contribution in [0.2, 0.25) is 0 Å². The first-order valence-corrected chi connectivity index (χ1v) is 8.48. The lowest BCUT2D eigenvalue weighted by molar-refractivity contribution is -0.150. The van der Waals surface area contributed by atoms with Crippen molar-refractivity contribution >= 4 is 11.9 Å². The Hall–Kier alpha value is -3.13. The number of nitrogens with one attached hydrogen (secondary N) is 1. The number of nitriles is 1. The van der Waals surface area contributed by atoms with Crippen molar-refractivity contribution in [2.45, 2.75) is 32.9 Å². The van der Waals surface area contributed by atoms with Gasteiger partial charge in [0.05, 0.1) is 18.1 Å². The van der Waals surface area contributed by atoms with E-state index in [2.05, 4.69) is 5.32 Å². The van der Waals surface area contributed by atoms with Gasteiger partial charge in [-0.25, -0.2) is 4.79 Å². The standard InChI is InChI=1S/C21H22N2O3/c1-15(2)20(23-19(24)12-16-7-4-3-5-8-16)21(25)26-14-18-10-6-9-17(11-18)13-22/h3-11,15,20H,12,14H2,1-2H3,(H,23,24)/t20-/m0/s1. The molecule has 0 saturated carbocycles. The molecular weight excluding hydrogens is 328 g/mol. The normalized spacial score (nSPS) is 11.5. The highest BCUT2D eigenvalue weighted by Gasteiger charge is 2.25. The van der Waals surface area contributed by atoms with E-state index in [0.717, 1.165) is 11.1 Å². The summed E-state index contributed by atoms with van der Waals surface area (Å²) in [5, 5.41) is 11.7. The second kappa shape index (κ2) is 9.38. The SMILES string of the molecule is CC(C)[C@H](NC(=O)Cc1ccccc1)C(=O)OCc1cccc(C#N)c1. The molecule has 0 aliphatic carbocycles. The molecule has 0 spiro atoms. The molecule has 0 bridgehead atoms. The van der Waals surface area contributed by atoms with Crippen molar-refractivity contribution < 1.29 is 14.3 Å². The summed E-state index contributed by atoms with van der Waals surface area (Å²) >= 11 is 0. The molecule has 0 saturated heterocycles. The summed E-state index contributed by atoms with van der Waals surface area (Å²) in [6.45, 7) is 3.77. The fourth-order valence-electron chi connectivity index (χ4n) is 2.48. The zero-order chi connectivity index (χ0) is 18.9. The summed E-state index contributed by atoms with van der Waals surface area (Å²) in [5.41, 5.74) is 2.12. The van der Waals surface area contributed by atoms with Gasteiger partial charge < -0.3 is 10.1 Å². The maximum atomic E-state index is 12.4. The number of hydrogen-bond acceptors (Lipinski definition) is 4. The monoisotopic (exact) mass is 350 g/mol. The molecule has 5 heteroatoms. The molecule has 2 rings (SSSR count). The van der Waals surface area contributed by atoms with Crippen LogP contribution in [0.1, 0.15) is 30.5 Å². The number of benzene rings is 2. The van der Waals surface area contributed by atoms with Gasteiger partial charge in [-0.1, -0.05) is 56.3 Å². The minimum absolute atomic E-state index is 0.0616. The molecule has 0 radical (unpaired) electrons. The van der Waals surface area contributed by atoms with Crippen molar-refractivity contribution in [3.8, 4) is 6.07 Å². The van der Waals surface area contributed by atoms with Crippen LogP contribution in [0.25, 0.3) is 0 Å². The Morgan fingerprint density at radius 1 is 1.08 bits per heavy atom. The average molecular weight is 350 g/mol. The predicted molar refractivity (Wildman–Crippen MR) is 97.9 cm³/mol. The van der Waals surface area contributed by atoms with Crippen LogP contribution in [-0.2, 0) is 27.4 Å². The number of carbonyl (C=O) groups excluding carboxylic acids is 2. The van der Waals surface area contributed by atoms with Gasteiger partial charge >= 0.3 is 5.97 Å². The van der Waals surface area contributed by atoms with Gasteiger partial charge in [-0.3, -0.25) is 4.79 Å². The van der Waals surface area contributed by atoms with E-state index in [1.807, 2.05) is 50.2 Å². The highest BCUT2D eigenvalue weighted by molar-refractivity contribution is 5.85. The Morgan fingerprint density at radius 3 is 2.42 bits per heavy atom. The van der Waals surface area contributed by atoms with Crippen LogP contribution in [0.3, 0.4) is 0 Å². The van der Waals surface area contributed by atoms with E-state index in [4.69, 9.17) is 10.00 Å². The van der Waals surface area contributed by atoms with Gasteiger partial charge in [-0.05, 0) is 29.2 Å². The second-order valence-electron chi connectivity index (χ2n) is 6.37. The molecule has 2 aromatic rings. The lowest BCUT2D eigenvalue weighted by Gasteiger charge is -2.21. The molecule has 1 atom stereocenters. The lowest BCUT2D eigenvalue weighted by Crippen LogP contribution is -2.45. The van der Waals surface area contributed by atoms with E-state index < -0.39 is 12.0 Å². The summed E-state index contributed by atoms with van der Waals surface area (Å²) < 4.78 is 5.34. The molecule has 1 amide bonds. The van der Waals surface area contributed by atoms with E-state index in [-0.39, 0.29) is 24.9 Å². The maximum Gasteiger partial charge on any atom is 0.329 e. The van der Waals surface area contributed by atoms with Crippen molar-refractivity contribution in [3.05, 3.63) is 71.3 Å². The van der Waals surface area contributed by atoms with Crippen molar-refractivity contribution in [2.24, 2.45) is 5.92 Å². The molecule has 0 fully saturated rings. The Kier molecular flexibility index (Phi) is 6.92. The third-order valence-corrected chi connectivity index (χ3v) is 3.88. The van der Waals surface area contributed by atoms with Gasteiger partial charge in [0.2, 0.25) is 5.91 Å². The third kappa shape index (κ3) is 5.75. The number of rotatable bonds is 7. The molecule has 2 aromatic carbocycles. The van der Waals surface area contributed by atoms with Crippen LogP contribution in [0.5, 0.6) is 0 Å². The molecule has 0 aliphatic rings. The Morgan fingerprint density at radius 2 is 1.77 bits per heavy atom. The number of esters is 1. The molecule has 0 aliphatic heterocycles. The Bertz CT molecular complexity index is 794. The molecule has 0 heterocycles. The number of hydrogen-bond donors (Lipinski definition) is 1. The molecular formula is C21H22N2O3. The molecule has 26 heavy (non-hydrogen) atoms. The Labute approximate surface area is 153 Å². The predicted octanol–water partition coefficient (Wildman–Crippen LogP) is 2.98. The minimum atomic E-state index is -0.717. The average Bonchev–Trinajstić information content (AvgIpc) is 2.65. The number of ether oxygens (including phenoxy) is 1. The van der Waals surface area contributed by atoms with Crippen LogP contribution in [0.15, 0.2) is 54.6 Å². The van der Waals surface area contributed by atoms with E-state index in [1.54, 1.807) is 24.3 Å². The zero-order valence-electron chi connectivity index (χ0n) is 14.9. The minimum Gasteiger partial charge on any atom is -0.459 e. The first-order valence-electron chi connectivity index (χ1n) is 8.48. The van der Waals surface area contributed by atoms with Crippen molar-refractivity contribution in [2.75, 3.05) is 0 Å². The van der Waals surface area contributed by atoms with Crippen molar-refractivity contribution in [1.29, 1.82) is 5.26 Å². The van der Waals surface area contributed by atoms with E-state index in [1.165, 1.54) is 0 Å². The second-order valence-corrected chi connectivity index (χ2v) is 6.37. The van der Waals surface area contributed by atoms with Crippen LogP contribution >= 0.6 is 0 Å². The zero-order valence-corrected chi connectivity index (χ0v) is 14.9. The summed E-state index contributed by atoms with van der Waals surface area (Å²) in [6, 6.07) is 17.6. The van der Waals surface area contributed by atoms with Gasteiger partial charge in [0.1, 0.15) is 12.6 Å². The van der Waals surface area contributed by atoms with Gasteiger partial charge in [0, 0.05) is 0 Å². The van der Waals surface area contributed by atoms with Crippen molar-refractivity contribution in [3.63, 3.8) is 0 Å². The highest BCUT2D eigenvalue weighted by atomic mass is 16.5. The first kappa shape index (κ1) is 19.2. The Balaban J connectivity index is 1.94. The van der Waals surface area contributed by atoms with Gasteiger partial charge in [0.25, 0.3) is 0 Å². The lowest BCUT2D eigenvalue weighted by atomic mass is 10.0. The van der Waals surface area contributed by atoms with Gasteiger partial charge in [-0.2, -0.15) is 5.26 Å². The van der Waals surface area contributed by atoms with Crippen LogP contribution in [0.4, 0.5) is 0 Å². The third-order valence-electron chi connectivity index (χ3n) is 3.88. The van der Waals surface area contributed by atoms with E-state index in [9.17, 15) is 9.59 Å². The molecule has 0 unspecified atom stereocenters. The van der Waals surface area contributed by atoms with E-state index in [0.29, 0.717) is 5.56 Å². The van der Waals surface area contributed by atoms with Crippen LogP contribution in [-0.4, -0.2) is 17.9 Å². The smallest absolute Gasteiger partial charge is 0.329 e. The summed E-state index contributed by atoms with van der Waals surface area (Å²) in [6.07, 6.45) is 0.210. The largest absolute Gasteiger partial charge is 0.459 e.